The van der Waals surface area contributed by atoms with Crippen LogP contribution in [0.3, 0.4) is 0 Å². The maximum absolute atomic E-state index is 13.3. The van der Waals surface area contributed by atoms with E-state index < -0.39 is 0 Å². The maximum Gasteiger partial charge on any atom is 0.272 e. The zero-order valence-electron chi connectivity index (χ0n) is 16.5. The second-order valence-electron chi connectivity index (χ2n) is 8.28. The lowest BCUT2D eigenvalue weighted by atomic mass is 9.74. The van der Waals surface area contributed by atoms with Crippen molar-refractivity contribution in [2.75, 3.05) is 13.1 Å². The lowest BCUT2D eigenvalue weighted by molar-refractivity contribution is 0.0601. The van der Waals surface area contributed by atoms with Crippen LogP contribution in [0.15, 0.2) is 47.4 Å². The highest BCUT2D eigenvalue weighted by Crippen LogP contribution is 2.46. The minimum absolute atomic E-state index is 0.0977. The van der Waals surface area contributed by atoms with E-state index in [1.807, 2.05) is 4.90 Å². The van der Waals surface area contributed by atoms with E-state index >= 15 is 0 Å². The summed E-state index contributed by atoms with van der Waals surface area (Å²) in [5.74, 6) is 1.23. The number of hydrogen-bond acceptors (Lipinski definition) is 6. The fourth-order valence-corrected chi connectivity index (χ4v) is 4.35. The minimum Gasteiger partial charge on any atom is -0.336 e. The van der Waals surface area contributed by atoms with Crippen molar-refractivity contribution >= 4 is 5.91 Å². The first-order valence-electron chi connectivity index (χ1n) is 10.3. The normalized spacial score (nSPS) is 21.6. The fraction of sp³-hybridized carbons (Fsp3) is 0.409. The molecule has 7 nitrogen and oxygen atoms in total. The van der Waals surface area contributed by atoms with Gasteiger partial charge in [-0.05, 0) is 55.5 Å². The van der Waals surface area contributed by atoms with Gasteiger partial charge in [0.15, 0.2) is 5.82 Å². The number of benzene rings is 1. The van der Waals surface area contributed by atoms with Crippen LogP contribution in [0.5, 0.6) is 0 Å². The number of amides is 1. The van der Waals surface area contributed by atoms with Crippen LogP contribution >= 0.6 is 0 Å². The smallest absolute Gasteiger partial charge is 0.272 e. The molecular weight excluding hydrogens is 385 g/mol. The molecule has 5 rings (SSSR count). The second kappa shape index (κ2) is 7.59. The highest BCUT2D eigenvalue weighted by Gasteiger charge is 2.46. The van der Waals surface area contributed by atoms with Gasteiger partial charge in [-0.3, -0.25) is 4.79 Å². The summed E-state index contributed by atoms with van der Waals surface area (Å²) in [5.41, 5.74) is 0.734. The van der Waals surface area contributed by atoms with Crippen LogP contribution in [-0.4, -0.2) is 44.0 Å². The van der Waals surface area contributed by atoms with Gasteiger partial charge in [0.25, 0.3) is 11.8 Å². The van der Waals surface area contributed by atoms with Crippen LogP contribution in [-0.2, 0) is 5.41 Å². The highest BCUT2D eigenvalue weighted by molar-refractivity contribution is 5.92. The molecule has 3 heterocycles. The van der Waals surface area contributed by atoms with Gasteiger partial charge >= 0.3 is 0 Å². The molecule has 8 heteroatoms. The Kier molecular flexibility index (Phi) is 4.77. The van der Waals surface area contributed by atoms with Crippen molar-refractivity contribution in [2.24, 2.45) is 5.92 Å². The first kappa shape index (κ1) is 18.8. The van der Waals surface area contributed by atoms with Gasteiger partial charge in [-0.2, -0.15) is 4.98 Å². The standard InChI is InChI=1S/C22H22FN5O2/c23-17-6-4-16(5-7-17)19-26-21(27-30-19)22(12-15-2-3-15)9-1-11-28(13-22)20(29)18-8-10-24-14-25-18/h4-8,10,14-15H,1-3,9,11-13H2. The van der Waals surface area contributed by atoms with Crippen LogP contribution in [0, 0.1) is 11.7 Å². The molecule has 0 spiro atoms. The molecule has 1 aromatic carbocycles. The summed E-state index contributed by atoms with van der Waals surface area (Å²) in [4.78, 5) is 27.6. The molecule has 1 saturated carbocycles. The van der Waals surface area contributed by atoms with Gasteiger partial charge in [0, 0.05) is 24.8 Å². The Morgan fingerprint density at radius 3 is 2.80 bits per heavy atom. The molecular formula is C22H22FN5O2. The number of carbonyl (C=O) groups is 1. The third-order valence-corrected chi connectivity index (χ3v) is 6.03. The van der Waals surface area contributed by atoms with Crippen LogP contribution < -0.4 is 0 Å². The minimum atomic E-state index is -0.343. The number of hydrogen-bond donors (Lipinski definition) is 0. The molecule has 1 aliphatic carbocycles. The van der Waals surface area contributed by atoms with Gasteiger partial charge in [0.05, 0.1) is 5.41 Å². The Balaban J connectivity index is 1.44. The Bertz CT molecular complexity index is 1040. The molecule has 2 fully saturated rings. The molecule has 1 amide bonds. The van der Waals surface area contributed by atoms with Crippen LogP contribution in [0.4, 0.5) is 4.39 Å². The van der Waals surface area contributed by atoms with E-state index in [0.717, 1.165) is 19.3 Å². The monoisotopic (exact) mass is 407 g/mol. The molecule has 1 aliphatic heterocycles. The van der Waals surface area contributed by atoms with Crippen molar-refractivity contribution < 1.29 is 13.7 Å². The predicted octanol–water partition coefficient (Wildman–Crippen LogP) is 3.64. The van der Waals surface area contributed by atoms with E-state index in [9.17, 15) is 9.18 Å². The third kappa shape index (κ3) is 3.69. The molecule has 3 aromatic rings. The Morgan fingerprint density at radius 1 is 1.23 bits per heavy atom. The van der Waals surface area contributed by atoms with Gasteiger partial charge in [-0.25, -0.2) is 14.4 Å². The average molecular weight is 407 g/mol. The maximum atomic E-state index is 13.3. The van der Waals surface area contributed by atoms with Gasteiger partial charge in [0.1, 0.15) is 17.8 Å². The van der Waals surface area contributed by atoms with Crippen molar-refractivity contribution in [2.45, 2.75) is 37.5 Å². The summed E-state index contributed by atoms with van der Waals surface area (Å²) in [6.07, 6.45) is 8.07. The molecule has 154 valence electrons. The van der Waals surface area contributed by atoms with Gasteiger partial charge in [-0.1, -0.05) is 18.0 Å². The van der Waals surface area contributed by atoms with Crippen molar-refractivity contribution in [1.82, 2.24) is 25.0 Å². The summed E-state index contributed by atoms with van der Waals surface area (Å²) in [5, 5.41) is 4.31. The predicted molar refractivity (Wildman–Crippen MR) is 106 cm³/mol. The van der Waals surface area contributed by atoms with Crippen LogP contribution in [0.2, 0.25) is 0 Å². The number of piperidine rings is 1. The number of likely N-dealkylation sites (tertiary alicyclic amines) is 1. The number of nitrogens with zero attached hydrogens (tertiary/aromatic N) is 5. The molecule has 1 saturated heterocycles. The largest absolute Gasteiger partial charge is 0.336 e. The molecule has 2 aliphatic rings. The summed E-state index contributed by atoms with van der Waals surface area (Å²) >= 11 is 0. The van der Waals surface area contributed by atoms with E-state index in [-0.39, 0.29) is 17.1 Å². The molecule has 1 unspecified atom stereocenters. The molecule has 0 N–H and O–H groups in total. The fourth-order valence-electron chi connectivity index (χ4n) is 4.35. The Morgan fingerprint density at radius 2 is 2.07 bits per heavy atom. The molecule has 30 heavy (non-hydrogen) atoms. The van der Waals surface area contributed by atoms with Gasteiger partial charge in [-0.15, -0.1) is 0 Å². The topological polar surface area (TPSA) is 85.0 Å². The lowest BCUT2D eigenvalue weighted by Crippen LogP contribution is -2.49. The number of rotatable bonds is 5. The second-order valence-corrected chi connectivity index (χ2v) is 8.28. The van der Waals surface area contributed by atoms with Crippen LogP contribution in [0.1, 0.15) is 48.4 Å². The van der Waals surface area contributed by atoms with Crippen molar-refractivity contribution in [3.05, 3.63) is 60.2 Å². The van der Waals surface area contributed by atoms with E-state index in [0.29, 0.717) is 42.0 Å². The van der Waals surface area contributed by atoms with Gasteiger partial charge in [0.2, 0.25) is 0 Å². The van der Waals surface area contributed by atoms with E-state index in [4.69, 9.17) is 4.52 Å². The average Bonchev–Trinajstić information content (AvgIpc) is 3.45. The highest BCUT2D eigenvalue weighted by atomic mass is 19.1. The quantitative estimate of drug-likeness (QED) is 0.642. The Hall–Kier alpha value is -3.16. The molecule has 2 aromatic heterocycles. The zero-order valence-corrected chi connectivity index (χ0v) is 16.5. The number of halogens is 1. The van der Waals surface area contributed by atoms with Crippen molar-refractivity contribution in [3.8, 4) is 11.5 Å². The summed E-state index contributed by atoms with van der Waals surface area (Å²) in [6, 6.07) is 7.66. The van der Waals surface area contributed by atoms with Crippen molar-refractivity contribution in [3.63, 3.8) is 0 Å². The summed E-state index contributed by atoms with van der Waals surface area (Å²) in [7, 11) is 0. The SMILES string of the molecule is O=C(c1ccncn1)N1CCCC(CC2CC2)(c2noc(-c3ccc(F)cc3)n2)C1. The zero-order chi connectivity index (χ0) is 20.6. The van der Waals surface area contributed by atoms with E-state index in [2.05, 4.69) is 20.1 Å². The van der Waals surface area contributed by atoms with E-state index in [1.54, 1.807) is 24.4 Å². The van der Waals surface area contributed by atoms with Crippen molar-refractivity contribution in [1.29, 1.82) is 0 Å². The van der Waals surface area contributed by atoms with Gasteiger partial charge < -0.3 is 9.42 Å². The third-order valence-electron chi connectivity index (χ3n) is 6.03. The number of aromatic nitrogens is 4. The lowest BCUT2D eigenvalue weighted by Gasteiger charge is -2.41. The summed E-state index contributed by atoms with van der Waals surface area (Å²) < 4.78 is 18.8. The van der Waals surface area contributed by atoms with Crippen LogP contribution in [0.25, 0.3) is 11.5 Å². The van der Waals surface area contributed by atoms with E-state index in [1.165, 1.54) is 31.3 Å². The first-order chi connectivity index (χ1) is 14.6. The Labute approximate surface area is 173 Å². The molecule has 0 bridgehead atoms. The molecule has 0 radical (unpaired) electrons. The number of carbonyl (C=O) groups excluding carboxylic acids is 1. The first-order valence-corrected chi connectivity index (χ1v) is 10.3. The summed E-state index contributed by atoms with van der Waals surface area (Å²) in [6.45, 7) is 1.21. The molecule has 1 atom stereocenters.